The Labute approximate surface area is 96.1 Å². The van der Waals surface area contributed by atoms with Gasteiger partial charge in [0.05, 0.1) is 0 Å². The highest BCUT2D eigenvalue weighted by molar-refractivity contribution is 5.82. The zero-order valence-corrected chi connectivity index (χ0v) is 9.94. The van der Waals surface area contributed by atoms with Crippen molar-refractivity contribution in [2.24, 2.45) is 22.7 Å². The summed E-state index contributed by atoms with van der Waals surface area (Å²) >= 11 is 0. The number of nitrogens with zero attached hydrogens (tertiary/aromatic N) is 1. The van der Waals surface area contributed by atoms with E-state index in [2.05, 4.69) is 17.4 Å². The van der Waals surface area contributed by atoms with Crippen molar-refractivity contribution in [1.29, 1.82) is 0 Å². The van der Waals surface area contributed by atoms with Crippen LogP contribution in [0.5, 0.6) is 0 Å². The number of hydrogen-bond acceptors (Lipinski definition) is 3. The molecule has 3 atom stereocenters. The third-order valence-corrected chi connectivity index (χ3v) is 3.23. The van der Waals surface area contributed by atoms with Gasteiger partial charge in [-0.3, -0.25) is 4.79 Å². The van der Waals surface area contributed by atoms with Crippen LogP contribution in [0.3, 0.4) is 0 Å². The van der Waals surface area contributed by atoms with Gasteiger partial charge >= 0.3 is 0 Å². The molecule has 1 aliphatic rings. The number of hydrogen-bond donors (Lipinski definition) is 3. The molecule has 0 radical (unpaired) electrons. The summed E-state index contributed by atoms with van der Waals surface area (Å²) < 4.78 is 0. The second-order valence-corrected chi connectivity index (χ2v) is 4.72. The second kappa shape index (κ2) is 5.72. The first-order valence-corrected chi connectivity index (χ1v) is 5.81. The zero-order chi connectivity index (χ0) is 12.1. The predicted octanol–water partition coefficient (Wildman–Crippen LogP) is 1.06. The molecule has 1 amide bonds. The fourth-order valence-corrected chi connectivity index (χ4v) is 2.29. The molecule has 0 aromatic carbocycles. The van der Waals surface area contributed by atoms with Crippen LogP contribution in [0.15, 0.2) is 5.16 Å². The van der Waals surface area contributed by atoms with E-state index in [0.717, 1.165) is 19.3 Å². The first kappa shape index (κ1) is 12.8. The molecule has 0 heterocycles. The van der Waals surface area contributed by atoms with E-state index >= 15 is 0 Å². The maximum Gasteiger partial charge on any atom is 0.223 e. The van der Waals surface area contributed by atoms with Gasteiger partial charge in [0, 0.05) is 18.4 Å². The number of oxime groups is 1. The molecule has 0 spiro atoms. The largest absolute Gasteiger partial charge is 0.409 e. The predicted molar refractivity (Wildman–Crippen MR) is 62.1 cm³/mol. The van der Waals surface area contributed by atoms with Crippen LogP contribution in [-0.4, -0.2) is 23.0 Å². The first-order chi connectivity index (χ1) is 7.54. The normalized spacial score (nSPS) is 27.8. The van der Waals surface area contributed by atoms with Gasteiger partial charge in [0.2, 0.25) is 5.91 Å². The number of amides is 1. The van der Waals surface area contributed by atoms with Gasteiger partial charge in [-0.15, -0.1) is 0 Å². The van der Waals surface area contributed by atoms with Crippen molar-refractivity contribution in [3.63, 3.8) is 0 Å². The van der Waals surface area contributed by atoms with Crippen molar-refractivity contribution in [3.05, 3.63) is 0 Å². The molecule has 0 aromatic heterocycles. The Hall–Kier alpha value is -1.26. The van der Waals surface area contributed by atoms with E-state index in [1.807, 2.05) is 6.92 Å². The Morgan fingerprint density at radius 2 is 2.31 bits per heavy atom. The third-order valence-electron chi connectivity index (χ3n) is 3.23. The van der Waals surface area contributed by atoms with Crippen molar-refractivity contribution in [2.75, 3.05) is 0 Å². The molecule has 1 aliphatic carbocycles. The quantitative estimate of drug-likeness (QED) is 0.290. The standard InChI is InChI=1S/C11H21N3O2/c1-7-4-3-5-9(7)11(15)13-8(2)6-10(12)14-16/h7-9,16H,3-6H2,1-2H3,(H2,12,14)(H,13,15). The van der Waals surface area contributed by atoms with Gasteiger partial charge in [0.25, 0.3) is 0 Å². The van der Waals surface area contributed by atoms with E-state index in [1.54, 1.807) is 0 Å². The molecule has 0 bridgehead atoms. The average molecular weight is 227 g/mol. The van der Waals surface area contributed by atoms with Crippen molar-refractivity contribution < 1.29 is 10.0 Å². The van der Waals surface area contributed by atoms with E-state index in [9.17, 15) is 4.79 Å². The topological polar surface area (TPSA) is 87.7 Å². The molecule has 0 aromatic rings. The lowest BCUT2D eigenvalue weighted by molar-refractivity contribution is -0.126. The molecule has 4 N–H and O–H groups in total. The zero-order valence-electron chi connectivity index (χ0n) is 9.94. The van der Waals surface area contributed by atoms with Crippen LogP contribution < -0.4 is 11.1 Å². The van der Waals surface area contributed by atoms with Crippen LogP contribution in [0.4, 0.5) is 0 Å². The van der Waals surface area contributed by atoms with Crippen molar-refractivity contribution >= 4 is 11.7 Å². The molecule has 92 valence electrons. The summed E-state index contributed by atoms with van der Waals surface area (Å²) in [6.45, 7) is 3.97. The molecule has 1 saturated carbocycles. The third kappa shape index (κ3) is 3.40. The van der Waals surface area contributed by atoms with Gasteiger partial charge < -0.3 is 16.3 Å². The summed E-state index contributed by atoms with van der Waals surface area (Å²) in [6, 6.07) is -0.0869. The van der Waals surface area contributed by atoms with Crippen molar-refractivity contribution in [1.82, 2.24) is 5.32 Å². The lowest BCUT2D eigenvalue weighted by Crippen LogP contribution is -2.40. The van der Waals surface area contributed by atoms with Gasteiger partial charge in [0.15, 0.2) is 0 Å². The summed E-state index contributed by atoms with van der Waals surface area (Å²) in [5.41, 5.74) is 5.38. The smallest absolute Gasteiger partial charge is 0.223 e. The average Bonchev–Trinajstić information content (AvgIpc) is 2.63. The van der Waals surface area contributed by atoms with Gasteiger partial charge in [0.1, 0.15) is 5.84 Å². The second-order valence-electron chi connectivity index (χ2n) is 4.72. The molecule has 1 fully saturated rings. The van der Waals surface area contributed by atoms with Gasteiger partial charge in [-0.05, 0) is 25.7 Å². The molecular formula is C11H21N3O2. The SMILES string of the molecule is CC(CC(N)=NO)NC(=O)C1CCCC1C. The van der Waals surface area contributed by atoms with Gasteiger partial charge in [-0.1, -0.05) is 18.5 Å². The Morgan fingerprint density at radius 3 is 2.81 bits per heavy atom. The maximum absolute atomic E-state index is 11.9. The first-order valence-electron chi connectivity index (χ1n) is 5.81. The number of nitrogens with one attached hydrogen (secondary N) is 1. The molecule has 0 aliphatic heterocycles. The number of carbonyl (C=O) groups excluding carboxylic acids is 1. The molecule has 0 saturated heterocycles. The lowest BCUT2D eigenvalue weighted by Gasteiger charge is -2.19. The maximum atomic E-state index is 11.9. The van der Waals surface area contributed by atoms with Crippen LogP contribution in [0, 0.1) is 11.8 Å². The Bertz CT molecular complexity index is 278. The fourth-order valence-electron chi connectivity index (χ4n) is 2.29. The van der Waals surface area contributed by atoms with Crippen LogP contribution in [0.25, 0.3) is 0 Å². The highest BCUT2D eigenvalue weighted by atomic mass is 16.4. The molecule has 5 heteroatoms. The summed E-state index contributed by atoms with van der Waals surface area (Å²) in [5.74, 6) is 0.848. The Balaban J connectivity index is 2.39. The van der Waals surface area contributed by atoms with E-state index in [-0.39, 0.29) is 23.7 Å². The van der Waals surface area contributed by atoms with Crippen LogP contribution in [0.1, 0.15) is 39.5 Å². The fraction of sp³-hybridized carbons (Fsp3) is 0.818. The highest BCUT2D eigenvalue weighted by Gasteiger charge is 2.30. The van der Waals surface area contributed by atoms with Gasteiger partial charge in [-0.25, -0.2) is 0 Å². The molecule has 1 rings (SSSR count). The number of rotatable bonds is 4. The summed E-state index contributed by atoms with van der Waals surface area (Å²) in [5, 5.41) is 14.2. The van der Waals surface area contributed by atoms with E-state index < -0.39 is 0 Å². The minimum atomic E-state index is -0.0869. The van der Waals surface area contributed by atoms with Crippen LogP contribution in [0.2, 0.25) is 0 Å². The minimum absolute atomic E-state index is 0.0869. The van der Waals surface area contributed by atoms with Crippen molar-refractivity contribution in [2.45, 2.75) is 45.6 Å². The van der Waals surface area contributed by atoms with Crippen LogP contribution >= 0.6 is 0 Å². The highest BCUT2D eigenvalue weighted by Crippen LogP contribution is 2.31. The van der Waals surface area contributed by atoms with Gasteiger partial charge in [-0.2, -0.15) is 0 Å². The van der Waals surface area contributed by atoms with Crippen molar-refractivity contribution in [3.8, 4) is 0 Å². The summed E-state index contributed by atoms with van der Waals surface area (Å²) in [7, 11) is 0. The van der Waals surface area contributed by atoms with E-state index in [0.29, 0.717) is 12.3 Å². The number of carbonyl (C=O) groups is 1. The lowest BCUT2D eigenvalue weighted by atomic mass is 9.97. The summed E-state index contributed by atoms with van der Waals surface area (Å²) in [4.78, 5) is 11.9. The number of nitrogens with two attached hydrogens (primary N) is 1. The summed E-state index contributed by atoms with van der Waals surface area (Å²) in [6.07, 6.45) is 3.62. The molecule has 16 heavy (non-hydrogen) atoms. The molecule has 3 unspecified atom stereocenters. The van der Waals surface area contributed by atoms with E-state index in [1.165, 1.54) is 0 Å². The van der Waals surface area contributed by atoms with Crippen LogP contribution in [-0.2, 0) is 4.79 Å². The number of amidine groups is 1. The Morgan fingerprint density at radius 1 is 1.62 bits per heavy atom. The minimum Gasteiger partial charge on any atom is -0.409 e. The molecular weight excluding hydrogens is 206 g/mol. The monoisotopic (exact) mass is 227 g/mol. The molecule has 5 nitrogen and oxygen atoms in total. The Kier molecular flexibility index (Phi) is 4.58. The van der Waals surface area contributed by atoms with E-state index in [4.69, 9.17) is 10.9 Å².